The number of benzene rings is 1. The summed E-state index contributed by atoms with van der Waals surface area (Å²) >= 11 is 0. The number of hydrogen-bond acceptors (Lipinski definition) is 5. The summed E-state index contributed by atoms with van der Waals surface area (Å²) in [5.41, 5.74) is 1.39. The fraction of sp³-hybridized carbons (Fsp3) is 0.500. The van der Waals surface area contributed by atoms with Gasteiger partial charge in [-0.05, 0) is 38.8 Å². The maximum atomic E-state index is 12.7. The summed E-state index contributed by atoms with van der Waals surface area (Å²) in [5.74, 6) is 0.655. The van der Waals surface area contributed by atoms with Crippen molar-refractivity contribution >= 4 is 21.2 Å². The standard InChI is InChI=1S/C18H24N2O5S/c1-11-15(21)6-5-14-16(22)12(2)17(25-18(11)14)13-7-9-20(10-8-13)26(23,24)19(3)4/h5-6,13,21H,7-10H2,1-4H3. The molecule has 0 saturated carbocycles. The number of phenolic OH excluding ortho intramolecular Hbond substituents is 1. The van der Waals surface area contributed by atoms with Crippen molar-refractivity contribution in [2.24, 2.45) is 0 Å². The van der Waals surface area contributed by atoms with Crippen molar-refractivity contribution in [2.75, 3.05) is 27.2 Å². The second-order valence-electron chi connectivity index (χ2n) is 6.97. The Hall–Kier alpha value is -1.90. The fourth-order valence-electron chi connectivity index (χ4n) is 3.46. The van der Waals surface area contributed by atoms with E-state index in [1.165, 1.54) is 28.8 Å². The first kappa shape index (κ1) is 18.9. The SMILES string of the molecule is Cc1c(C2CCN(S(=O)(=O)N(C)C)CC2)oc2c(C)c(O)ccc2c1=O. The quantitative estimate of drug-likeness (QED) is 0.881. The van der Waals surface area contributed by atoms with Crippen molar-refractivity contribution in [2.45, 2.75) is 32.6 Å². The minimum atomic E-state index is -3.43. The van der Waals surface area contributed by atoms with Gasteiger partial charge in [0.25, 0.3) is 10.2 Å². The van der Waals surface area contributed by atoms with Crippen molar-refractivity contribution in [3.63, 3.8) is 0 Å². The van der Waals surface area contributed by atoms with Crippen LogP contribution in [0.15, 0.2) is 21.3 Å². The van der Waals surface area contributed by atoms with Gasteiger partial charge >= 0.3 is 0 Å². The van der Waals surface area contributed by atoms with Crippen LogP contribution in [0.4, 0.5) is 0 Å². The second-order valence-corrected chi connectivity index (χ2v) is 9.11. The van der Waals surface area contributed by atoms with Crippen LogP contribution < -0.4 is 5.43 Å². The third kappa shape index (κ3) is 3.02. The number of aryl methyl sites for hydroxylation is 1. The number of piperidine rings is 1. The molecule has 142 valence electrons. The van der Waals surface area contributed by atoms with Crippen LogP contribution in [0.1, 0.15) is 35.6 Å². The zero-order valence-corrected chi connectivity index (χ0v) is 16.3. The number of fused-ring (bicyclic) bond motifs is 1. The van der Waals surface area contributed by atoms with Crippen molar-refractivity contribution < 1.29 is 17.9 Å². The lowest BCUT2D eigenvalue weighted by molar-refractivity contribution is 0.283. The molecule has 1 aliphatic rings. The van der Waals surface area contributed by atoms with Gasteiger partial charge in [-0.1, -0.05) is 0 Å². The molecule has 2 aromatic rings. The monoisotopic (exact) mass is 380 g/mol. The summed E-state index contributed by atoms with van der Waals surface area (Å²) in [6.45, 7) is 4.22. The number of rotatable bonds is 3. The summed E-state index contributed by atoms with van der Waals surface area (Å²) in [7, 11) is -0.395. The first-order valence-electron chi connectivity index (χ1n) is 8.58. The predicted octanol–water partition coefficient (Wildman–Crippen LogP) is 2.10. The molecule has 0 radical (unpaired) electrons. The van der Waals surface area contributed by atoms with E-state index in [4.69, 9.17) is 4.42 Å². The van der Waals surface area contributed by atoms with E-state index in [0.29, 0.717) is 53.8 Å². The van der Waals surface area contributed by atoms with Crippen LogP contribution in [0, 0.1) is 13.8 Å². The Morgan fingerprint density at radius 2 is 1.77 bits per heavy atom. The Labute approximate surface area is 153 Å². The summed E-state index contributed by atoms with van der Waals surface area (Å²) in [4.78, 5) is 12.7. The molecule has 1 aromatic heterocycles. The largest absolute Gasteiger partial charge is 0.508 e. The molecule has 0 unspecified atom stereocenters. The highest BCUT2D eigenvalue weighted by molar-refractivity contribution is 7.86. The van der Waals surface area contributed by atoms with Gasteiger partial charge in [-0.15, -0.1) is 0 Å². The van der Waals surface area contributed by atoms with Crippen LogP contribution in [0.2, 0.25) is 0 Å². The zero-order valence-electron chi connectivity index (χ0n) is 15.4. The van der Waals surface area contributed by atoms with Crippen molar-refractivity contribution in [1.29, 1.82) is 0 Å². The molecule has 8 heteroatoms. The third-order valence-corrected chi connectivity index (χ3v) is 7.10. The van der Waals surface area contributed by atoms with E-state index in [-0.39, 0.29) is 17.1 Å². The molecule has 1 aliphatic heterocycles. The molecule has 1 saturated heterocycles. The Kier molecular flexibility index (Phi) is 4.85. The van der Waals surface area contributed by atoms with Gasteiger partial charge in [-0.3, -0.25) is 4.79 Å². The lowest BCUT2D eigenvalue weighted by Crippen LogP contribution is -2.44. The zero-order chi connectivity index (χ0) is 19.2. The molecule has 0 atom stereocenters. The summed E-state index contributed by atoms with van der Waals surface area (Å²) < 4.78 is 33.2. The minimum Gasteiger partial charge on any atom is -0.508 e. The van der Waals surface area contributed by atoms with Crippen LogP contribution in [-0.4, -0.2) is 49.3 Å². The molecule has 26 heavy (non-hydrogen) atoms. The van der Waals surface area contributed by atoms with E-state index in [1.54, 1.807) is 19.9 Å². The second kappa shape index (κ2) is 6.68. The number of aromatic hydroxyl groups is 1. The van der Waals surface area contributed by atoms with Crippen molar-refractivity contribution in [3.8, 4) is 5.75 Å². The molecule has 1 aromatic carbocycles. The van der Waals surface area contributed by atoms with Crippen LogP contribution >= 0.6 is 0 Å². The number of hydrogen-bond donors (Lipinski definition) is 1. The molecular weight excluding hydrogens is 356 g/mol. The van der Waals surface area contributed by atoms with Gasteiger partial charge in [-0.2, -0.15) is 17.0 Å². The van der Waals surface area contributed by atoms with E-state index in [1.807, 2.05) is 0 Å². The van der Waals surface area contributed by atoms with Crippen molar-refractivity contribution in [1.82, 2.24) is 8.61 Å². The van der Waals surface area contributed by atoms with E-state index in [9.17, 15) is 18.3 Å². The maximum Gasteiger partial charge on any atom is 0.281 e. The van der Waals surface area contributed by atoms with Crippen molar-refractivity contribution in [3.05, 3.63) is 39.2 Å². The molecular formula is C18H24N2O5S. The molecule has 2 heterocycles. The molecule has 1 fully saturated rings. The highest BCUT2D eigenvalue weighted by Gasteiger charge is 2.32. The number of nitrogens with zero attached hydrogens (tertiary/aromatic N) is 2. The fourth-order valence-corrected chi connectivity index (χ4v) is 4.60. The maximum absolute atomic E-state index is 12.7. The first-order valence-corrected chi connectivity index (χ1v) is 9.97. The highest BCUT2D eigenvalue weighted by Crippen LogP contribution is 2.34. The van der Waals surface area contributed by atoms with Gasteiger partial charge in [0.05, 0.1) is 5.39 Å². The van der Waals surface area contributed by atoms with E-state index in [0.717, 1.165) is 0 Å². The Morgan fingerprint density at radius 1 is 1.15 bits per heavy atom. The lowest BCUT2D eigenvalue weighted by atomic mass is 9.92. The summed E-state index contributed by atoms with van der Waals surface area (Å²) in [5, 5.41) is 10.4. The van der Waals surface area contributed by atoms with E-state index < -0.39 is 10.2 Å². The number of phenols is 1. The average molecular weight is 380 g/mol. The molecule has 0 amide bonds. The molecule has 7 nitrogen and oxygen atoms in total. The third-order valence-electron chi connectivity index (χ3n) is 5.16. The van der Waals surface area contributed by atoms with Gasteiger partial charge in [0.1, 0.15) is 17.1 Å². The Morgan fingerprint density at radius 3 is 2.35 bits per heavy atom. The van der Waals surface area contributed by atoms with Gasteiger partial charge in [0, 0.05) is 44.2 Å². The minimum absolute atomic E-state index is 0.0255. The van der Waals surface area contributed by atoms with Gasteiger partial charge in [0.15, 0.2) is 5.43 Å². The highest BCUT2D eigenvalue weighted by atomic mass is 32.2. The molecule has 0 spiro atoms. The molecule has 0 aliphatic carbocycles. The molecule has 0 bridgehead atoms. The van der Waals surface area contributed by atoms with Crippen LogP contribution in [0.25, 0.3) is 11.0 Å². The summed E-state index contributed by atoms with van der Waals surface area (Å²) in [6.07, 6.45) is 1.17. The van der Waals surface area contributed by atoms with Crippen LogP contribution in [-0.2, 0) is 10.2 Å². The smallest absolute Gasteiger partial charge is 0.281 e. The predicted molar refractivity (Wildman–Crippen MR) is 99.8 cm³/mol. The first-order chi connectivity index (χ1) is 12.1. The van der Waals surface area contributed by atoms with Gasteiger partial charge in [0.2, 0.25) is 0 Å². The van der Waals surface area contributed by atoms with E-state index in [2.05, 4.69) is 0 Å². The van der Waals surface area contributed by atoms with Crippen LogP contribution in [0.5, 0.6) is 5.75 Å². The molecule has 3 rings (SSSR count). The summed E-state index contributed by atoms with van der Waals surface area (Å²) in [6, 6.07) is 3.07. The van der Waals surface area contributed by atoms with E-state index >= 15 is 0 Å². The lowest BCUT2D eigenvalue weighted by Gasteiger charge is -2.32. The topological polar surface area (TPSA) is 91.1 Å². The van der Waals surface area contributed by atoms with Gasteiger partial charge < -0.3 is 9.52 Å². The average Bonchev–Trinajstić information content (AvgIpc) is 2.61. The van der Waals surface area contributed by atoms with Crippen LogP contribution in [0.3, 0.4) is 0 Å². The Balaban J connectivity index is 1.96. The van der Waals surface area contributed by atoms with Gasteiger partial charge in [-0.25, -0.2) is 0 Å². The molecule has 1 N–H and O–H groups in total. The Bertz CT molecular complexity index is 1000. The normalized spacial score (nSPS) is 17.3.